The fourth-order valence-electron chi connectivity index (χ4n) is 2.96. The second-order valence-corrected chi connectivity index (χ2v) is 6.12. The molecule has 3 rings (SSSR count). The molecule has 0 aliphatic heterocycles. The first-order valence-corrected chi connectivity index (χ1v) is 8.25. The van der Waals surface area contributed by atoms with E-state index in [4.69, 9.17) is 4.74 Å². The van der Waals surface area contributed by atoms with Gasteiger partial charge in [-0.15, -0.1) is 0 Å². The second-order valence-electron chi connectivity index (χ2n) is 6.12. The van der Waals surface area contributed by atoms with Gasteiger partial charge in [-0.3, -0.25) is 0 Å². The average molecular weight is 328 g/mol. The minimum absolute atomic E-state index is 0.386. The summed E-state index contributed by atoms with van der Waals surface area (Å²) in [4.78, 5) is 4.39. The molecular weight excluding hydrogens is 308 g/mol. The number of rotatable bonds is 4. The molecule has 0 radical (unpaired) electrons. The van der Waals surface area contributed by atoms with Crippen molar-refractivity contribution in [2.45, 2.75) is 27.4 Å². The predicted octanol–water partition coefficient (Wildman–Crippen LogP) is 5.12. The Bertz CT molecular complexity index is 940. The minimum atomic E-state index is 0.386. The summed E-state index contributed by atoms with van der Waals surface area (Å²) in [5.41, 5.74) is 6.88. The smallest absolute Gasteiger partial charge is 0.232 e. The van der Waals surface area contributed by atoms with E-state index in [1.165, 1.54) is 16.7 Å². The Morgan fingerprint density at radius 2 is 1.76 bits per heavy atom. The first-order valence-electron chi connectivity index (χ1n) is 8.25. The number of nitrogens with zero attached hydrogens (tertiary/aromatic N) is 2. The molecule has 3 aromatic rings. The zero-order chi connectivity index (χ0) is 17.8. The summed E-state index contributed by atoms with van der Waals surface area (Å²) in [7, 11) is 0. The van der Waals surface area contributed by atoms with E-state index in [1.807, 2.05) is 44.2 Å². The largest absolute Gasteiger partial charge is 0.472 e. The lowest BCUT2D eigenvalue weighted by molar-refractivity contribution is 0.291. The lowest BCUT2D eigenvalue weighted by atomic mass is 9.97. The van der Waals surface area contributed by atoms with E-state index in [9.17, 15) is 5.26 Å². The first-order chi connectivity index (χ1) is 12.1. The summed E-state index contributed by atoms with van der Waals surface area (Å²) in [5.74, 6) is 0.407. The molecule has 0 bridgehead atoms. The van der Waals surface area contributed by atoms with Gasteiger partial charge in [0.1, 0.15) is 18.2 Å². The topological polar surface area (TPSA) is 45.9 Å². The van der Waals surface area contributed by atoms with E-state index in [2.05, 4.69) is 42.2 Å². The number of hydrogen-bond donors (Lipinski definition) is 0. The quantitative estimate of drug-likeness (QED) is 0.667. The van der Waals surface area contributed by atoms with Crippen molar-refractivity contribution < 1.29 is 4.74 Å². The summed E-state index contributed by atoms with van der Waals surface area (Å²) in [5, 5.41) is 9.36. The molecule has 2 aromatic carbocycles. The van der Waals surface area contributed by atoms with E-state index < -0.39 is 0 Å². The van der Waals surface area contributed by atoms with Gasteiger partial charge in [-0.05, 0) is 54.7 Å². The fraction of sp³-hybridized carbons (Fsp3) is 0.182. The number of benzene rings is 2. The van der Waals surface area contributed by atoms with Gasteiger partial charge in [-0.1, -0.05) is 48.5 Å². The fourth-order valence-corrected chi connectivity index (χ4v) is 2.96. The predicted molar refractivity (Wildman–Crippen MR) is 99.4 cm³/mol. The van der Waals surface area contributed by atoms with Crippen molar-refractivity contribution in [3.05, 3.63) is 82.5 Å². The van der Waals surface area contributed by atoms with Crippen LogP contribution in [0.3, 0.4) is 0 Å². The molecule has 0 saturated heterocycles. The van der Waals surface area contributed by atoms with E-state index in [0.29, 0.717) is 18.1 Å². The van der Waals surface area contributed by atoms with Crippen LogP contribution in [0.4, 0.5) is 0 Å². The van der Waals surface area contributed by atoms with Gasteiger partial charge < -0.3 is 4.74 Å². The molecule has 1 aromatic heterocycles. The van der Waals surface area contributed by atoms with Crippen LogP contribution in [0.25, 0.3) is 11.1 Å². The first kappa shape index (κ1) is 16.7. The van der Waals surface area contributed by atoms with Crippen LogP contribution in [0, 0.1) is 32.1 Å². The van der Waals surface area contributed by atoms with Crippen LogP contribution in [-0.4, -0.2) is 4.98 Å². The molecule has 25 heavy (non-hydrogen) atoms. The third-order valence-electron chi connectivity index (χ3n) is 4.32. The molecule has 0 spiro atoms. The Balaban J connectivity index is 1.90. The molecular formula is C22H20N2O. The van der Waals surface area contributed by atoms with Crippen molar-refractivity contribution in [1.82, 2.24) is 4.98 Å². The summed E-state index contributed by atoms with van der Waals surface area (Å²) in [6.07, 6.45) is 0. The van der Waals surface area contributed by atoms with Gasteiger partial charge in [0.25, 0.3) is 0 Å². The van der Waals surface area contributed by atoms with Crippen LogP contribution in [0.15, 0.2) is 54.6 Å². The highest BCUT2D eigenvalue weighted by Gasteiger charge is 2.12. The summed E-state index contributed by atoms with van der Waals surface area (Å²) in [6, 6.07) is 20.6. The maximum atomic E-state index is 9.36. The molecule has 0 aliphatic rings. The maximum absolute atomic E-state index is 9.36. The number of pyridine rings is 1. The van der Waals surface area contributed by atoms with Crippen LogP contribution >= 0.6 is 0 Å². The number of aryl methyl sites for hydroxylation is 2. The molecule has 0 N–H and O–H groups in total. The highest BCUT2D eigenvalue weighted by atomic mass is 16.5. The molecule has 1 heterocycles. The SMILES string of the molecule is Cc1cc(C)c(C#N)c(OCc2cccc(-c3ccccc3)c2C)n1. The Morgan fingerprint density at radius 3 is 2.48 bits per heavy atom. The van der Waals surface area contributed by atoms with Crippen LogP contribution in [0.1, 0.15) is 27.9 Å². The number of nitriles is 1. The van der Waals surface area contributed by atoms with Crippen LogP contribution < -0.4 is 4.74 Å². The minimum Gasteiger partial charge on any atom is -0.472 e. The van der Waals surface area contributed by atoms with Gasteiger partial charge in [0.05, 0.1) is 0 Å². The van der Waals surface area contributed by atoms with Crippen LogP contribution in [0.2, 0.25) is 0 Å². The lowest BCUT2D eigenvalue weighted by Gasteiger charge is -2.14. The monoisotopic (exact) mass is 328 g/mol. The molecule has 0 atom stereocenters. The molecule has 124 valence electrons. The summed E-state index contributed by atoms with van der Waals surface area (Å²) in [6.45, 7) is 6.29. The van der Waals surface area contributed by atoms with E-state index in [-0.39, 0.29) is 0 Å². The van der Waals surface area contributed by atoms with Gasteiger partial charge in [0, 0.05) is 5.69 Å². The highest BCUT2D eigenvalue weighted by Crippen LogP contribution is 2.27. The zero-order valence-corrected chi connectivity index (χ0v) is 14.7. The molecule has 0 amide bonds. The van der Waals surface area contributed by atoms with E-state index in [0.717, 1.165) is 16.8 Å². The van der Waals surface area contributed by atoms with Crippen molar-refractivity contribution in [3.8, 4) is 23.1 Å². The Kier molecular flexibility index (Phi) is 4.81. The van der Waals surface area contributed by atoms with Crippen molar-refractivity contribution >= 4 is 0 Å². The van der Waals surface area contributed by atoms with Crippen molar-refractivity contribution in [2.24, 2.45) is 0 Å². The van der Waals surface area contributed by atoms with Crippen LogP contribution in [0.5, 0.6) is 5.88 Å². The summed E-state index contributed by atoms with van der Waals surface area (Å²) >= 11 is 0. The Labute approximate surface area is 148 Å². The zero-order valence-electron chi connectivity index (χ0n) is 14.7. The number of hydrogen-bond acceptors (Lipinski definition) is 3. The number of aromatic nitrogens is 1. The third kappa shape index (κ3) is 3.54. The normalized spacial score (nSPS) is 10.3. The van der Waals surface area contributed by atoms with Gasteiger partial charge in [-0.25, -0.2) is 4.98 Å². The number of ether oxygens (including phenoxy) is 1. The molecule has 0 fully saturated rings. The Hall–Kier alpha value is -3.12. The van der Waals surface area contributed by atoms with Gasteiger partial charge in [0.2, 0.25) is 5.88 Å². The average Bonchev–Trinajstić information content (AvgIpc) is 2.61. The van der Waals surface area contributed by atoms with Gasteiger partial charge >= 0.3 is 0 Å². The molecule has 3 heteroatoms. The lowest BCUT2D eigenvalue weighted by Crippen LogP contribution is -2.04. The van der Waals surface area contributed by atoms with Crippen LogP contribution in [-0.2, 0) is 6.61 Å². The highest BCUT2D eigenvalue weighted by molar-refractivity contribution is 5.68. The Morgan fingerprint density at radius 1 is 1.00 bits per heavy atom. The van der Waals surface area contributed by atoms with Gasteiger partial charge in [0.15, 0.2) is 0 Å². The molecule has 3 nitrogen and oxygen atoms in total. The second kappa shape index (κ2) is 7.19. The van der Waals surface area contributed by atoms with Crippen molar-refractivity contribution in [2.75, 3.05) is 0 Å². The van der Waals surface area contributed by atoms with E-state index >= 15 is 0 Å². The third-order valence-corrected chi connectivity index (χ3v) is 4.32. The standard InChI is InChI=1S/C22H20N2O/c1-15-12-16(2)24-22(21(15)13-23)25-14-19-10-7-11-20(17(19)3)18-8-5-4-6-9-18/h4-12H,14H2,1-3H3. The van der Waals surface area contributed by atoms with E-state index in [1.54, 1.807) is 0 Å². The van der Waals surface area contributed by atoms with Crippen molar-refractivity contribution in [3.63, 3.8) is 0 Å². The molecule has 0 unspecified atom stereocenters. The van der Waals surface area contributed by atoms with Gasteiger partial charge in [-0.2, -0.15) is 5.26 Å². The molecule has 0 aliphatic carbocycles. The maximum Gasteiger partial charge on any atom is 0.232 e. The summed E-state index contributed by atoms with van der Waals surface area (Å²) < 4.78 is 5.91. The van der Waals surface area contributed by atoms with Crippen molar-refractivity contribution in [1.29, 1.82) is 5.26 Å². The molecule has 0 saturated carbocycles.